The van der Waals surface area contributed by atoms with Crippen LogP contribution >= 0.6 is 0 Å². The second kappa shape index (κ2) is 9.90. The molecule has 3 aliphatic rings. The van der Waals surface area contributed by atoms with E-state index in [1.807, 2.05) is 6.07 Å². The number of nitrogens with one attached hydrogen (secondary N) is 1. The predicted molar refractivity (Wildman–Crippen MR) is 128 cm³/mol. The Morgan fingerprint density at radius 3 is 2.47 bits per heavy atom. The molecule has 0 spiro atoms. The Balaban J connectivity index is 1.26. The van der Waals surface area contributed by atoms with E-state index in [0.717, 1.165) is 56.9 Å². The topological polar surface area (TPSA) is 100 Å². The number of aromatic nitrogens is 2. The van der Waals surface area contributed by atoms with E-state index in [1.54, 1.807) is 12.1 Å². The molecule has 3 heterocycles. The van der Waals surface area contributed by atoms with Gasteiger partial charge in [0, 0.05) is 51.9 Å². The van der Waals surface area contributed by atoms with Gasteiger partial charge in [-0.1, -0.05) is 0 Å². The summed E-state index contributed by atoms with van der Waals surface area (Å²) in [5, 5.41) is 3.06. The number of sulfonamides is 1. The second-order valence-electron chi connectivity index (χ2n) is 9.33. The third kappa shape index (κ3) is 5.13. The van der Waals surface area contributed by atoms with Crippen LogP contribution in [0.3, 0.4) is 0 Å². The second-order valence-corrected chi connectivity index (χ2v) is 11.3. The molecular weight excluding hydrogens is 456 g/mol. The average Bonchev–Trinajstić information content (AvgIpc) is 3.58. The number of carbonyl (C=O) groups excluding carboxylic acids is 1. The third-order valence-corrected chi connectivity index (χ3v) is 8.76. The van der Waals surface area contributed by atoms with Crippen molar-refractivity contribution in [2.24, 2.45) is 0 Å². The van der Waals surface area contributed by atoms with Crippen LogP contribution in [0.2, 0.25) is 0 Å². The maximum absolute atomic E-state index is 13.1. The smallest absolute Gasteiger partial charge is 0.243 e. The lowest BCUT2D eigenvalue weighted by molar-refractivity contribution is -0.122. The van der Waals surface area contributed by atoms with Crippen LogP contribution in [0.5, 0.6) is 0 Å². The standard InChI is InChI=1S/C23H34N6O4S/c1-2-29-21-6-5-19(34(31,32)28-11-13-33-14-12-28)15-20(21)25-22(29)16-26-7-9-27(10-8-26)17-23(30)24-18-3-4-18/h5-6,15,18H,2-4,7-14,16-17H2,1H3,(H,24,30). The summed E-state index contributed by atoms with van der Waals surface area (Å²) in [7, 11) is -3.56. The molecule has 2 aromatic rings. The van der Waals surface area contributed by atoms with E-state index in [1.165, 1.54) is 4.31 Å². The number of hydrogen-bond donors (Lipinski definition) is 1. The van der Waals surface area contributed by atoms with E-state index >= 15 is 0 Å². The maximum Gasteiger partial charge on any atom is 0.243 e. The number of ether oxygens (including phenoxy) is 1. The zero-order valence-electron chi connectivity index (χ0n) is 19.8. The van der Waals surface area contributed by atoms with Gasteiger partial charge in [-0.3, -0.25) is 14.6 Å². The van der Waals surface area contributed by atoms with Crippen LogP contribution in [-0.2, 0) is 32.6 Å². The van der Waals surface area contributed by atoms with Crippen LogP contribution < -0.4 is 5.32 Å². The SMILES string of the molecule is CCn1c(CN2CCN(CC(=O)NC3CC3)CC2)nc2cc(S(=O)(=O)N3CCOCC3)ccc21. The summed E-state index contributed by atoms with van der Waals surface area (Å²) in [6.07, 6.45) is 2.22. The zero-order valence-corrected chi connectivity index (χ0v) is 20.6. The maximum atomic E-state index is 13.1. The number of hydrogen-bond acceptors (Lipinski definition) is 7. The Labute approximate surface area is 200 Å². The number of piperazine rings is 1. The molecule has 186 valence electrons. The molecule has 1 aliphatic carbocycles. The number of rotatable bonds is 8. The van der Waals surface area contributed by atoms with E-state index in [9.17, 15) is 13.2 Å². The van der Waals surface area contributed by atoms with Gasteiger partial charge >= 0.3 is 0 Å². The third-order valence-electron chi connectivity index (χ3n) is 6.86. The van der Waals surface area contributed by atoms with E-state index < -0.39 is 10.0 Å². The van der Waals surface area contributed by atoms with E-state index in [0.29, 0.717) is 51.0 Å². The van der Waals surface area contributed by atoms with E-state index in [-0.39, 0.29) is 10.8 Å². The molecule has 1 aromatic heterocycles. The van der Waals surface area contributed by atoms with Gasteiger partial charge in [0.2, 0.25) is 15.9 Å². The first-order valence-electron chi connectivity index (χ1n) is 12.2. The first kappa shape index (κ1) is 23.7. The summed E-state index contributed by atoms with van der Waals surface area (Å²) in [5.41, 5.74) is 1.66. The van der Waals surface area contributed by atoms with Gasteiger partial charge in [-0.05, 0) is 38.0 Å². The molecule has 0 unspecified atom stereocenters. The molecule has 10 nitrogen and oxygen atoms in total. The molecule has 1 saturated carbocycles. The molecule has 5 rings (SSSR count). The number of carbonyl (C=O) groups is 1. The van der Waals surface area contributed by atoms with Crippen molar-refractivity contribution >= 4 is 27.0 Å². The fourth-order valence-corrected chi connectivity index (χ4v) is 6.17. The lowest BCUT2D eigenvalue weighted by Crippen LogP contribution is -2.49. The van der Waals surface area contributed by atoms with Gasteiger partial charge in [-0.25, -0.2) is 13.4 Å². The van der Waals surface area contributed by atoms with Crippen LogP contribution in [0.15, 0.2) is 23.1 Å². The van der Waals surface area contributed by atoms with Gasteiger partial charge < -0.3 is 14.6 Å². The normalized spacial score (nSPS) is 21.2. The van der Waals surface area contributed by atoms with Crippen molar-refractivity contribution < 1.29 is 17.9 Å². The Kier molecular flexibility index (Phi) is 6.90. The summed E-state index contributed by atoms with van der Waals surface area (Å²) >= 11 is 0. The average molecular weight is 491 g/mol. The summed E-state index contributed by atoms with van der Waals surface area (Å²) < 4.78 is 35.1. The monoisotopic (exact) mass is 490 g/mol. The highest BCUT2D eigenvalue weighted by Gasteiger charge is 2.28. The zero-order chi connectivity index (χ0) is 23.7. The molecular formula is C23H34N6O4S. The fourth-order valence-electron chi connectivity index (χ4n) is 4.74. The van der Waals surface area contributed by atoms with Gasteiger partial charge in [0.1, 0.15) is 5.82 Å². The molecule has 1 aromatic carbocycles. The predicted octanol–water partition coefficient (Wildman–Crippen LogP) is 0.473. The molecule has 1 amide bonds. The minimum atomic E-state index is -3.56. The van der Waals surface area contributed by atoms with Crippen molar-refractivity contribution in [2.75, 3.05) is 59.0 Å². The number of aryl methyl sites for hydroxylation is 1. The van der Waals surface area contributed by atoms with Gasteiger partial charge in [0.05, 0.1) is 42.2 Å². The molecule has 0 radical (unpaired) electrons. The number of benzene rings is 1. The van der Waals surface area contributed by atoms with Crippen LogP contribution in [0.1, 0.15) is 25.6 Å². The van der Waals surface area contributed by atoms with Crippen molar-refractivity contribution in [1.82, 2.24) is 29.0 Å². The number of imidazole rings is 1. The Hall–Kier alpha value is -2.05. The van der Waals surface area contributed by atoms with Crippen molar-refractivity contribution in [3.05, 3.63) is 24.0 Å². The fraction of sp³-hybridized carbons (Fsp3) is 0.652. The van der Waals surface area contributed by atoms with E-state index in [4.69, 9.17) is 9.72 Å². The van der Waals surface area contributed by atoms with Crippen LogP contribution in [0.25, 0.3) is 11.0 Å². The molecule has 3 fully saturated rings. The highest BCUT2D eigenvalue weighted by Crippen LogP contribution is 2.24. The molecule has 2 saturated heterocycles. The first-order valence-corrected chi connectivity index (χ1v) is 13.7. The quantitative estimate of drug-likeness (QED) is 0.574. The Morgan fingerprint density at radius 2 is 1.79 bits per heavy atom. The van der Waals surface area contributed by atoms with Crippen LogP contribution in [0, 0.1) is 0 Å². The Morgan fingerprint density at radius 1 is 1.09 bits per heavy atom. The number of fused-ring (bicyclic) bond motifs is 1. The van der Waals surface area contributed by atoms with E-state index in [2.05, 4.69) is 26.6 Å². The molecule has 0 bridgehead atoms. The van der Waals surface area contributed by atoms with Crippen LogP contribution in [-0.4, -0.2) is 103 Å². The molecule has 0 atom stereocenters. The van der Waals surface area contributed by atoms with Crippen molar-refractivity contribution in [3.8, 4) is 0 Å². The van der Waals surface area contributed by atoms with Gasteiger partial charge in [-0.2, -0.15) is 4.31 Å². The number of amides is 1. The minimum absolute atomic E-state index is 0.131. The van der Waals surface area contributed by atoms with Gasteiger partial charge in [0.25, 0.3) is 0 Å². The highest BCUT2D eigenvalue weighted by molar-refractivity contribution is 7.89. The lowest BCUT2D eigenvalue weighted by atomic mass is 10.3. The summed E-state index contributed by atoms with van der Waals surface area (Å²) in [5.74, 6) is 1.07. The molecule has 34 heavy (non-hydrogen) atoms. The first-order chi connectivity index (χ1) is 16.4. The van der Waals surface area contributed by atoms with Gasteiger partial charge in [-0.15, -0.1) is 0 Å². The molecule has 11 heteroatoms. The minimum Gasteiger partial charge on any atom is -0.379 e. The summed E-state index contributed by atoms with van der Waals surface area (Å²) in [6.45, 7) is 9.09. The highest BCUT2D eigenvalue weighted by atomic mass is 32.2. The molecule has 1 N–H and O–H groups in total. The van der Waals surface area contributed by atoms with Crippen molar-refractivity contribution in [1.29, 1.82) is 0 Å². The molecule has 2 aliphatic heterocycles. The lowest BCUT2D eigenvalue weighted by Gasteiger charge is -2.34. The summed E-state index contributed by atoms with van der Waals surface area (Å²) in [4.78, 5) is 21.8. The van der Waals surface area contributed by atoms with Gasteiger partial charge in [0.15, 0.2) is 0 Å². The summed E-state index contributed by atoms with van der Waals surface area (Å²) in [6, 6.07) is 5.67. The van der Waals surface area contributed by atoms with Crippen LogP contribution in [0.4, 0.5) is 0 Å². The number of nitrogens with zero attached hydrogens (tertiary/aromatic N) is 5. The largest absolute Gasteiger partial charge is 0.379 e. The Bertz CT molecular complexity index is 1130. The van der Waals surface area contributed by atoms with Crippen molar-refractivity contribution in [3.63, 3.8) is 0 Å². The van der Waals surface area contributed by atoms with Crippen molar-refractivity contribution in [2.45, 2.75) is 43.8 Å². The number of morpholine rings is 1.